The molecule has 18 heavy (non-hydrogen) atoms. The Morgan fingerprint density at radius 3 is 2.67 bits per heavy atom. The predicted molar refractivity (Wildman–Crippen MR) is 68.0 cm³/mol. The number of hydrogen-bond donors (Lipinski definition) is 3. The summed E-state index contributed by atoms with van der Waals surface area (Å²) in [5.41, 5.74) is 11.0. The van der Waals surface area contributed by atoms with Gasteiger partial charge < -0.3 is 21.5 Å². The number of carbonyl (C=O) groups is 2. The second-order valence-electron chi connectivity index (χ2n) is 3.84. The maximum absolute atomic E-state index is 11.5. The van der Waals surface area contributed by atoms with Crippen LogP contribution in [0.3, 0.4) is 0 Å². The Hall–Kier alpha value is -2.08. The summed E-state index contributed by atoms with van der Waals surface area (Å²) in [6.07, 6.45) is 0.121. The van der Waals surface area contributed by atoms with Crippen LogP contribution in [-0.2, 0) is 9.59 Å². The molecule has 5 N–H and O–H groups in total. The number of primary amides is 1. The topological polar surface area (TPSA) is 107 Å². The zero-order chi connectivity index (χ0) is 13.5. The van der Waals surface area contributed by atoms with Crippen LogP contribution in [0.4, 0.5) is 5.69 Å². The maximum atomic E-state index is 11.5. The van der Waals surface area contributed by atoms with Crippen LogP contribution in [0.15, 0.2) is 24.3 Å². The van der Waals surface area contributed by atoms with Gasteiger partial charge in [-0.25, -0.2) is 0 Å². The number of ether oxygens (including phenoxy) is 1. The quantitative estimate of drug-likeness (QED) is 0.672. The molecule has 0 saturated heterocycles. The van der Waals surface area contributed by atoms with Gasteiger partial charge in [-0.3, -0.25) is 9.59 Å². The third-order valence-electron chi connectivity index (χ3n) is 2.16. The first kappa shape index (κ1) is 14.0. The van der Waals surface area contributed by atoms with E-state index in [1.165, 1.54) is 0 Å². The van der Waals surface area contributed by atoms with Gasteiger partial charge in [0.2, 0.25) is 11.8 Å². The molecule has 1 rings (SSSR count). The molecule has 0 radical (unpaired) electrons. The highest BCUT2D eigenvalue weighted by molar-refractivity contribution is 5.95. The molecule has 2 amide bonds. The molecule has 0 unspecified atom stereocenters. The zero-order valence-electron chi connectivity index (χ0n) is 10.2. The molecule has 1 aromatic carbocycles. The lowest BCUT2D eigenvalue weighted by atomic mass is 10.2. The zero-order valence-corrected chi connectivity index (χ0v) is 10.2. The summed E-state index contributed by atoms with van der Waals surface area (Å²) in [6.45, 7) is 1.76. The Kier molecular flexibility index (Phi) is 5.13. The SMILES string of the molecule is C[C@@H](N)C(=O)Nc1ccccc1OCCC(N)=O. The van der Waals surface area contributed by atoms with Gasteiger partial charge in [0.25, 0.3) is 0 Å². The molecule has 6 heteroatoms. The minimum atomic E-state index is -0.608. The Morgan fingerprint density at radius 2 is 2.06 bits per heavy atom. The summed E-state index contributed by atoms with van der Waals surface area (Å²) >= 11 is 0. The summed E-state index contributed by atoms with van der Waals surface area (Å²) in [6, 6.07) is 6.31. The third kappa shape index (κ3) is 4.42. The number of benzene rings is 1. The second kappa shape index (κ2) is 6.61. The van der Waals surface area contributed by atoms with Crippen molar-refractivity contribution in [3.05, 3.63) is 24.3 Å². The molecule has 0 bridgehead atoms. The van der Waals surface area contributed by atoms with Crippen LogP contribution < -0.4 is 21.5 Å². The van der Waals surface area contributed by atoms with Crippen molar-refractivity contribution in [2.75, 3.05) is 11.9 Å². The van der Waals surface area contributed by atoms with Crippen molar-refractivity contribution >= 4 is 17.5 Å². The van der Waals surface area contributed by atoms with Gasteiger partial charge in [0.05, 0.1) is 24.8 Å². The van der Waals surface area contributed by atoms with Gasteiger partial charge in [-0.2, -0.15) is 0 Å². The van der Waals surface area contributed by atoms with Gasteiger partial charge in [0, 0.05) is 0 Å². The van der Waals surface area contributed by atoms with Crippen molar-refractivity contribution in [3.8, 4) is 5.75 Å². The number of hydrogen-bond acceptors (Lipinski definition) is 4. The van der Waals surface area contributed by atoms with Crippen LogP contribution >= 0.6 is 0 Å². The van der Waals surface area contributed by atoms with Crippen LogP contribution in [0.1, 0.15) is 13.3 Å². The fourth-order valence-electron chi connectivity index (χ4n) is 1.20. The number of carbonyl (C=O) groups excluding carboxylic acids is 2. The van der Waals surface area contributed by atoms with Crippen LogP contribution in [-0.4, -0.2) is 24.5 Å². The van der Waals surface area contributed by atoms with Crippen LogP contribution in [0.5, 0.6) is 5.75 Å². The summed E-state index contributed by atoms with van der Waals surface area (Å²) in [5.74, 6) is -0.263. The fourth-order valence-corrected chi connectivity index (χ4v) is 1.20. The van der Waals surface area contributed by atoms with Gasteiger partial charge in [0.15, 0.2) is 0 Å². The number of anilines is 1. The number of nitrogens with one attached hydrogen (secondary N) is 1. The molecule has 1 atom stereocenters. The van der Waals surface area contributed by atoms with Gasteiger partial charge in [-0.15, -0.1) is 0 Å². The van der Waals surface area contributed by atoms with Crippen molar-refractivity contribution in [3.63, 3.8) is 0 Å². The lowest BCUT2D eigenvalue weighted by Gasteiger charge is -2.13. The van der Waals surface area contributed by atoms with Gasteiger partial charge in [-0.05, 0) is 19.1 Å². The Balaban J connectivity index is 2.67. The predicted octanol–water partition coefficient (Wildman–Crippen LogP) is 0.226. The molecular formula is C12H17N3O3. The van der Waals surface area contributed by atoms with Crippen molar-refractivity contribution in [1.82, 2.24) is 0 Å². The monoisotopic (exact) mass is 251 g/mol. The average Bonchev–Trinajstić information content (AvgIpc) is 2.30. The smallest absolute Gasteiger partial charge is 0.241 e. The summed E-state index contributed by atoms with van der Waals surface area (Å²) in [5, 5.41) is 2.64. The standard InChI is InChI=1S/C12H17N3O3/c1-8(13)12(17)15-9-4-2-3-5-10(9)18-7-6-11(14)16/h2-5,8H,6-7,13H2,1H3,(H2,14,16)(H,15,17)/t8-/m1/s1. The molecule has 0 aliphatic rings. The molecule has 0 spiro atoms. The highest BCUT2D eigenvalue weighted by atomic mass is 16.5. The van der Waals surface area contributed by atoms with E-state index in [0.29, 0.717) is 11.4 Å². The molecule has 98 valence electrons. The van der Waals surface area contributed by atoms with E-state index in [2.05, 4.69) is 5.32 Å². The van der Waals surface area contributed by atoms with Crippen molar-refractivity contribution < 1.29 is 14.3 Å². The molecule has 0 aliphatic heterocycles. The minimum absolute atomic E-state index is 0.121. The van der Waals surface area contributed by atoms with E-state index in [9.17, 15) is 9.59 Å². The van der Waals surface area contributed by atoms with Gasteiger partial charge in [-0.1, -0.05) is 12.1 Å². The minimum Gasteiger partial charge on any atom is -0.491 e. The Morgan fingerprint density at radius 1 is 1.39 bits per heavy atom. The van der Waals surface area contributed by atoms with E-state index in [-0.39, 0.29) is 18.9 Å². The van der Waals surface area contributed by atoms with Crippen LogP contribution in [0, 0.1) is 0 Å². The molecule has 0 heterocycles. The molecule has 1 aromatic rings. The molecule has 0 fully saturated rings. The Labute approximate surface area is 105 Å². The molecule has 0 aliphatic carbocycles. The van der Waals surface area contributed by atoms with Crippen molar-refractivity contribution in [2.45, 2.75) is 19.4 Å². The third-order valence-corrected chi connectivity index (χ3v) is 2.16. The maximum Gasteiger partial charge on any atom is 0.241 e. The number of rotatable bonds is 6. The first-order chi connectivity index (χ1) is 8.50. The summed E-state index contributed by atoms with van der Waals surface area (Å²) < 4.78 is 5.37. The number of para-hydroxylation sites is 2. The van der Waals surface area contributed by atoms with E-state index in [1.54, 1.807) is 31.2 Å². The van der Waals surface area contributed by atoms with Crippen LogP contribution in [0.2, 0.25) is 0 Å². The number of amides is 2. The van der Waals surface area contributed by atoms with E-state index < -0.39 is 11.9 Å². The highest BCUT2D eigenvalue weighted by Crippen LogP contribution is 2.23. The lowest BCUT2D eigenvalue weighted by Crippen LogP contribution is -2.32. The molecule has 0 saturated carbocycles. The van der Waals surface area contributed by atoms with Gasteiger partial charge >= 0.3 is 0 Å². The number of nitrogens with two attached hydrogens (primary N) is 2. The molecular weight excluding hydrogens is 234 g/mol. The molecule has 6 nitrogen and oxygen atoms in total. The highest BCUT2D eigenvalue weighted by Gasteiger charge is 2.10. The van der Waals surface area contributed by atoms with Crippen molar-refractivity contribution in [1.29, 1.82) is 0 Å². The first-order valence-electron chi connectivity index (χ1n) is 5.57. The van der Waals surface area contributed by atoms with Gasteiger partial charge in [0.1, 0.15) is 5.75 Å². The largest absolute Gasteiger partial charge is 0.491 e. The average molecular weight is 251 g/mol. The summed E-state index contributed by atoms with van der Waals surface area (Å²) in [7, 11) is 0. The van der Waals surface area contributed by atoms with Crippen molar-refractivity contribution in [2.24, 2.45) is 11.5 Å². The van der Waals surface area contributed by atoms with E-state index in [4.69, 9.17) is 16.2 Å². The fraction of sp³-hybridized carbons (Fsp3) is 0.333. The first-order valence-corrected chi connectivity index (χ1v) is 5.57. The van der Waals surface area contributed by atoms with E-state index in [1.807, 2.05) is 0 Å². The van der Waals surface area contributed by atoms with E-state index in [0.717, 1.165) is 0 Å². The summed E-state index contributed by atoms with van der Waals surface area (Å²) in [4.78, 5) is 22.1. The van der Waals surface area contributed by atoms with Crippen LogP contribution in [0.25, 0.3) is 0 Å². The van der Waals surface area contributed by atoms with E-state index >= 15 is 0 Å². The second-order valence-corrected chi connectivity index (χ2v) is 3.84. The Bertz CT molecular complexity index is 432. The lowest BCUT2D eigenvalue weighted by molar-refractivity contribution is -0.118. The normalized spacial score (nSPS) is 11.7. The molecule has 0 aromatic heterocycles.